The van der Waals surface area contributed by atoms with E-state index in [0.29, 0.717) is 5.56 Å². The van der Waals surface area contributed by atoms with E-state index in [4.69, 9.17) is 5.73 Å². The van der Waals surface area contributed by atoms with Crippen molar-refractivity contribution in [2.24, 2.45) is 11.7 Å². The van der Waals surface area contributed by atoms with Crippen molar-refractivity contribution in [2.75, 3.05) is 13.1 Å². The molecule has 0 spiro atoms. The van der Waals surface area contributed by atoms with Crippen molar-refractivity contribution < 1.29 is 4.79 Å². The molecule has 1 amide bonds. The zero-order valence-corrected chi connectivity index (χ0v) is 8.70. The molecule has 3 nitrogen and oxygen atoms in total. The van der Waals surface area contributed by atoms with Crippen LogP contribution in [0.15, 0.2) is 24.3 Å². The summed E-state index contributed by atoms with van der Waals surface area (Å²) in [6.07, 6.45) is 2.34. The van der Waals surface area contributed by atoms with Crippen LogP contribution in [0.1, 0.15) is 22.3 Å². The Labute approximate surface area is 89.7 Å². The molecule has 1 atom stereocenters. The molecule has 1 fully saturated rings. The Morgan fingerprint density at radius 3 is 2.67 bits per heavy atom. The number of amides is 1. The van der Waals surface area contributed by atoms with Crippen molar-refractivity contribution in [2.45, 2.75) is 12.8 Å². The van der Waals surface area contributed by atoms with E-state index in [1.54, 1.807) is 12.1 Å². The van der Waals surface area contributed by atoms with Gasteiger partial charge >= 0.3 is 0 Å². The normalized spacial score (nSPS) is 20.4. The highest BCUT2D eigenvalue weighted by Crippen LogP contribution is 2.15. The lowest BCUT2D eigenvalue weighted by atomic mass is 9.98. The molecule has 0 aromatic heterocycles. The van der Waals surface area contributed by atoms with Gasteiger partial charge in [0.15, 0.2) is 0 Å². The standard InChI is InChI=1S/C12H16N2O/c13-12(15)11-3-1-9(2-4-11)7-10-5-6-14-8-10/h1-4,10,14H,5-8H2,(H2,13,15). The first kappa shape index (κ1) is 10.2. The average molecular weight is 204 g/mol. The van der Waals surface area contributed by atoms with Crippen LogP contribution >= 0.6 is 0 Å². The van der Waals surface area contributed by atoms with Gasteiger partial charge in [-0.05, 0) is 49.5 Å². The summed E-state index contributed by atoms with van der Waals surface area (Å²) in [6.45, 7) is 2.24. The number of nitrogens with one attached hydrogen (secondary N) is 1. The van der Waals surface area contributed by atoms with E-state index >= 15 is 0 Å². The molecule has 0 aliphatic carbocycles. The van der Waals surface area contributed by atoms with Gasteiger partial charge in [0.25, 0.3) is 0 Å². The lowest BCUT2D eigenvalue weighted by molar-refractivity contribution is 0.100. The lowest BCUT2D eigenvalue weighted by Crippen LogP contribution is -2.12. The summed E-state index contributed by atoms with van der Waals surface area (Å²) in [5, 5.41) is 3.35. The largest absolute Gasteiger partial charge is 0.366 e. The molecule has 1 aromatic rings. The highest BCUT2D eigenvalue weighted by molar-refractivity contribution is 5.92. The SMILES string of the molecule is NC(=O)c1ccc(CC2CCNC2)cc1. The van der Waals surface area contributed by atoms with E-state index in [1.807, 2.05) is 12.1 Å². The third kappa shape index (κ3) is 2.57. The predicted molar refractivity (Wildman–Crippen MR) is 59.6 cm³/mol. The quantitative estimate of drug-likeness (QED) is 0.769. The molecule has 15 heavy (non-hydrogen) atoms. The first-order chi connectivity index (χ1) is 7.25. The topological polar surface area (TPSA) is 55.1 Å². The van der Waals surface area contributed by atoms with E-state index < -0.39 is 0 Å². The molecule has 2 rings (SSSR count). The Balaban J connectivity index is 2.00. The zero-order chi connectivity index (χ0) is 10.7. The molecule has 1 aliphatic rings. The van der Waals surface area contributed by atoms with Crippen LogP contribution in [-0.4, -0.2) is 19.0 Å². The van der Waals surface area contributed by atoms with Crippen LogP contribution < -0.4 is 11.1 Å². The third-order valence-corrected chi connectivity index (χ3v) is 2.93. The first-order valence-electron chi connectivity index (χ1n) is 5.35. The molecular weight excluding hydrogens is 188 g/mol. The first-order valence-corrected chi connectivity index (χ1v) is 5.35. The van der Waals surface area contributed by atoms with Gasteiger partial charge in [-0.1, -0.05) is 12.1 Å². The summed E-state index contributed by atoms with van der Waals surface area (Å²) in [5.41, 5.74) is 7.05. The highest BCUT2D eigenvalue weighted by Gasteiger charge is 2.14. The minimum atomic E-state index is -0.357. The molecule has 1 saturated heterocycles. The van der Waals surface area contributed by atoms with E-state index in [9.17, 15) is 4.79 Å². The predicted octanol–water partition coefficient (Wildman–Crippen LogP) is 0.937. The molecule has 3 N–H and O–H groups in total. The van der Waals surface area contributed by atoms with Gasteiger partial charge in [0.2, 0.25) is 5.91 Å². The van der Waals surface area contributed by atoms with Crippen molar-refractivity contribution in [1.82, 2.24) is 5.32 Å². The Bertz CT molecular complexity index is 339. The minimum absolute atomic E-state index is 0.357. The summed E-state index contributed by atoms with van der Waals surface area (Å²) < 4.78 is 0. The third-order valence-electron chi connectivity index (χ3n) is 2.93. The van der Waals surface area contributed by atoms with Gasteiger partial charge in [0.05, 0.1) is 0 Å². The second kappa shape index (κ2) is 4.45. The van der Waals surface area contributed by atoms with Gasteiger partial charge < -0.3 is 11.1 Å². The van der Waals surface area contributed by atoms with E-state index in [1.165, 1.54) is 12.0 Å². The Hall–Kier alpha value is -1.35. The van der Waals surface area contributed by atoms with Gasteiger partial charge in [-0.15, -0.1) is 0 Å². The monoisotopic (exact) mass is 204 g/mol. The molecule has 0 saturated carbocycles. The van der Waals surface area contributed by atoms with Crippen molar-refractivity contribution in [3.05, 3.63) is 35.4 Å². The van der Waals surface area contributed by atoms with Crippen LogP contribution in [0.25, 0.3) is 0 Å². The number of nitrogens with two attached hydrogens (primary N) is 1. The number of rotatable bonds is 3. The number of carbonyl (C=O) groups is 1. The van der Waals surface area contributed by atoms with E-state index in [0.717, 1.165) is 25.4 Å². The van der Waals surface area contributed by atoms with Crippen LogP contribution in [0.5, 0.6) is 0 Å². The molecule has 1 aliphatic heterocycles. The summed E-state index contributed by atoms with van der Waals surface area (Å²) >= 11 is 0. The summed E-state index contributed by atoms with van der Waals surface area (Å²) in [6, 6.07) is 7.61. The maximum absolute atomic E-state index is 10.9. The molecule has 1 heterocycles. The molecular formula is C12H16N2O. The van der Waals surface area contributed by atoms with Gasteiger partial charge in [0, 0.05) is 5.56 Å². The molecule has 0 bridgehead atoms. The average Bonchev–Trinajstić information content (AvgIpc) is 2.71. The number of primary amides is 1. The second-order valence-electron chi connectivity index (χ2n) is 4.12. The molecule has 1 aromatic carbocycles. The molecule has 80 valence electrons. The number of carbonyl (C=O) groups excluding carboxylic acids is 1. The maximum Gasteiger partial charge on any atom is 0.248 e. The Morgan fingerprint density at radius 2 is 2.13 bits per heavy atom. The Kier molecular flexibility index (Phi) is 3.02. The fraction of sp³-hybridized carbons (Fsp3) is 0.417. The fourth-order valence-corrected chi connectivity index (χ4v) is 2.03. The summed E-state index contributed by atoms with van der Waals surface area (Å²) in [5.74, 6) is 0.383. The maximum atomic E-state index is 10.9. The molecule has 3 heteroatoms. The van der Waals surface area contributed by atoms with Crippen molar-refractivity contribution in [1.29, 1.82) is 0 Å². The van der Waals surface area contributed by atoms with Crippen LogP contribution in [-0.2, 0) is 6.42 Å². The second-order valence-corrected chi connectivity index (χ2v) is 4.12. The van der Waals surface area contributed by atoms with Gasteiger partial charge in [-0.2, -0.15) is 0 Å². The van der Waals surface area contributed by atoms with Crippen molar-refractivity contribution in [3.63, 3.8) is 0 Å². The summed E-state index contributed by atoms with van der Waals surface area (Å²) in [4.78, 5) is 10.9. The lowest BCUT2D eigenvalue weighted by Gasteiger charge is -2.08. The van der Waals surface area contributed by atoms with E-state index in [-0.39, 0.29) is 5.91 Å². The van der Waals surface area contributed by atoms with Gasteiger partial charge in [-0.3, -0.25) is 4.79 Å². The number of hydrogen-bond donors (Lipinski definition) is 2. The molecule has 1 unspecified atom stereocenters. The van der Waals surface area contributed by atoms with Gasteiger partial charge in [0.1, 0.15) is 0 Å². The van der Waals surface area contributed by atoms with Crippen LogP contribution in [0.4, 0.5) is 0 Å². The van der Waals surface area contributed by atoms with Crippen molar-refractivity contribution in [3.8, 4) is 0 Å². The van der Waals surface area contributed by atoms with Crippen LogP contribution in [0, 0.1) is 5.92 Å². The zero-order valence-electron chi connectivity index (χ0n) is 8.70. The van der Waals surface area contributed by atoms with Crippen LogP contribution in [0.2, 0.25) is 0 Å². The van der Waals surface area contributed by atoms with E-state index in [2.05, 4.69) is 5.32 Å². The molecule has 0 radical (unpaired) electrons. The number of benzene rings is 1. The Morgan fingerprint density at radius 1 is 1.40 bits per heavy atom. The van der Waals surface area contributed by atoms with Gasteiger partial charge in [-0.25, -0.2) is 0 Å². The highest BCUT2D eigenvalue weighted by atomic mass is 16.1. The van der Waals surface area contributed by atoms with Crippen LogP contribution in [0.3, 0.4) is 0 Å². The summed E-state index contributed by atoms with van der Waals surface area (Å²) in [7, 11) is 0. The van der Waals surface area contributed by atoms with Crippen molar-refractivity contribution >= 4 is 5.91 Å². The smallest absolute Gasteiger partial charge is 0.248 e. The number of hydrogen-bond acceptors (Lipinski definition) is 2. The fourth-order valence-electron chi connectivity index (χ4n) is 2.03. The minimum Gasteiger partial charge on any atom is -0.366 e.